The lowest BCUT2D eigenvalue weighted by Crippen LogP contribution is -2.45. The molecule has 1 fully saturated rings. The summed E-state index contributed by atoms with van der Waals surface area (Å²) in [7, 11) is 0. The van der Waals surface area contributed by atoms with Gasteiger partial charge < -0.3 is 4.74 Å². The number of hydrogen-bond acceptors (Lipinski definition) is 4. The number of fused-ring (bicyclic) bond motifs is 6. The Kier molecular flexibility index (Phi) is 3.06. The molecule has 4 nitrogen and oxygen atoms in total. The van der Waals surface area contributed by atoms with Gasteiger partial charge in [-0.3, -0.25) is 4.79 Å². The third kappa shape index (κ3) is 1.82. The van der Waals surface area contributed by atoms with Crippen LogP contribution in [-0.4, -0.2) is 15.9 Å². The molecule has 130 valence electrons. The van der Waals surface area contributed by atoms with E-state index in [4.69, 9.17) is 14.7 Å². The van der Waals surface area contributed by atoms with Crippen LogP contribution >= 0.6 is 0 Å². The minimum absolute atomic E-state index is 0.209. The molecular weight excluding hydrogens is 324 g/mol. The minimum atomic E-state index is -0.736. The van der Waals surface area contributed by atoms with Crippen LogP contribution in [0.3, 0.4) is 0 Å². The van der Waals surface area contributed by atoms with Crippen molar-refractivity contribution in [2.75, 3.05) is 0 Å². The molecule has 0 spiro atoms. The van der Waals surface area contributed by atoms with Crippen molar-refractivity contribution in [3.05, 3.63) is 66.0 Å². The van der Waals surface area contributed by atoms with Gasteiger partial charge in [-0.15, -0.1) is 0 Å². The maximum atomic E-state index is 13.4. The van der Waals surface area contributed by atoms with Crippen molar-refractivity contribution in [1.29, 1.82) is 0 Å². The first-order chi connectivity index (χ1) is 12.5. The molecule has 2 unspecified atom stereocenters. The second kappa shape index (κ2) is 5.13. The first kappa shape index (κ1) is 15.5. The highest BCUT2D eigenvalue weighted by atomic mass is 16.5. The number of carbonyl (C=O) groups excluding carboxylic acids is 1. The molecule has 1 aromatic heterocycles. The maximum Gasteiger partial charge on any atom is 0.324 e. The lowest BCUT2D eigenvalue weighted by Gasteiger charge is -2.35. The number of carbonyl (C=O) groups is 1. The molecule has 1 heterocycles. The standard InChI is InChI=1S/C22H20N2O2/c1-21(2)15-12-13-22(21,20(25)26-14-8-4-3-5-9-14)19-18(15)23-16-10-6-7-11-17(16)24-19/h3-11,15H,12-13H2,1-2H3. The molecule has 2 bridgehead atoms. The van der Waals surface area contributed by atoms with E-state index < -0.39 is 5.41 Å². The molecule has 1 saturated carbocycles. The number of para-hydroxylation sites is 3. The van der Waals surface area contributed by atoms with Crippen LogP contribution in [-0.2, 0) is 10.2 Å². The molecular formula is C22H20N2O2. The van der Waals surface area contributed by atoms with Crippen molar-refractivity contribution in [1.82, 2.24) is 9.97 Å². The summed E-state index contributed by atoms with van der Waals surface area (Å²) in [6.45, 7) is 4.32. The molecule has 0 amide bonds. The molecule has 26 heavy (non-hydrogen) atoms. The van der Waals surface area contributed by atoms with Crippen LogP contribution in [0.1, 0.15) is 44.0 Å². The SMILES string of the molecule is CC1(C)C2CCC1(C(=O)Oc1ccccc1)c1nc3ccccc3nc12. The van der Waals surface area contributed by atoms with E-state index in [9.17, 15) is 4.79 Å². The van der Waals surface area contributed by atoms with Gasteiger partial charge in [-0.1, -0.05) is 44.2 Å². The maximum absolute atomic E-state index is 13.4. The van der Waals surface area contributed by atoms with E-state index in [0.717, 1.165) is 35.3 Å². The molecule has 2 aromatic carbocycles. The summed E-state index contributed by atoms with van der Waals surface area (Å²) in [5.41, 5.74) is 2.52. The summed E-state index contributed by atoms with van der Waals surface area (Å²) in [5.74, 6) is 0.603. The normalized spacial score (nSPS) is 25.2. The van der Waals surface area contributed by atoms with Gasteiger partial charge in [-0.25, -0.2) is 9.97 Å². The Morgan fingerprint density at radius 3 is 2.38 bits per heavy atom. The zero-order valence-electron chi connectivity index (χ0n) is 14.9. The van der Waals surface area contributed by atoms with Gasteiger partial charge in [-0.2, -0.15) is 0 Å². The highest BCUT2D eigenvalue weighted by Gasteiger charge is 2.68. The average Bonchev–Trinajstić information content (AvgIpc) is 3.02. The zero-order chi connectivity index (χ0) is 17.9. The summed E-state index contributed by atoms with van der Waals surface area (Å²) in [4.78, 5) is 23.2. The van der Waals surface area contributed by atoms with E-state index in [1.165, 1.54) is 0 Å². The van der Waals surface area contributed by atoms with Gasteiger partial charge in [0.15, 0.2) is 0 Å². The van der Waals surface area contributed by atoms with E-state index >= 15 is 0 Å². The smallest absolute Gasteiger partial charge is 0.324 e. The van der Waals surface area contributed by atoms with Crippen molar-refractivity contribution in [3.63, 3.8) is 0 Å². The fraction of sp³-hybridized carbons (Fsp3) is 0.318. The third-order valence-corrected chi connectivity index (χ3v) is 6.41. The van der Waals surface area contributed by atoms with E-state index in [0.29, 0.717) is 5.75 Å². The Labute approximate surface area is 152 Å². The van der Waals surface area contributed by atoms with Gasteiger partial charge in [0.05, 0.1) is 22.4 Å². The Morgan fingerprint density at radius 2 is 1.65 bits per heavy atom. The van der Waals surface area contributed by atoms with Gasteiger partial charge in [0.1, 0.15) is 11.2 Å². The summed E-state index contributed by atoms with van der Waals surface area (Å²) >= 11 is 0. The molecule has 5 rings (SSSR count). The Bertz CT molecular complexity index is 1030. The molecule has 0 N–H and O–H groups in total. The highest BCUT2D eigenvalue weighted by molar-refractivity contribution is 5.89. The molecule has 3 aromatic rings. The van der Waals surface area contributed by atoms with E-state index in [1.54, 1.807) is 0 Å². The Morgan fingerprint density at radius 1 is 1.00 bits per heavy atom. The first-order valence-corrected chi connectivity index (χ1v) is 9.08. The summed E-state index contributed by atoms with van der Waals surface area (Å²) in [6.07, 6.45) is 1.70. The van der Waals surface area contributed by atoms with Gasteiger partial charge >= 0.3 is 5.97 Å². The van der Waals surface area contributed by atoms with Crippen LogP contribution in [0.5, 0.6) is 5.75 Å². The average molecular weight is 344 g/mol. The summed E-state index contributed by atoms with van der Waals surface area (Å²) in [5, 5.41) is 0. The number of benzene rings is 2. The number of hydrogen-bond donors (Lipinski definition) is 0. The van der Waals surface area contributed by atoms with Crippen LogP contribution in [0.4, 0.5) is 0 Å². The van der Waals surface area contributed by atoms with Crippen molar-refractivity contribution in [3.8, 4) is 5.75 Å². The topological polar surface area (TPSA) is 52.1 Å². The van der Waals surface area contributed by atoms with Crippen LogP contribution in [0.2, 0.25) is 0 Å². The number of nitrogens with zero attached hydrogens (tertiary/aromatic N) is 2. The monoisotopic (exact) mass is 344 g/mol. The zero-order valence-corrected chi connectivity index (χ0v) is 14.9. The van der Waals surface area contributed by atoms with Crippen LogP contribution < -0.4 is 4.74 Å². The number of aromatic nitrogens is 2. The molecule has 2 aliphatic rings. The van der Waals surface area contributed by atoms with Gasteiger partial charge in [0.2, 0.25) is 0 Å². The number of ether oxygens (including phenoxy) is 1. The molecule has 2 aliphatic carbocycles. The van der Waals surface area contributed by atoms with Crippen LogP contribution in [0.25, 0.3) is 11.0 Å². The van der Waals surface area contributed by atoms with Gasteiger partial charge in [0.25, 0.3) is 0 Å². The summed E-state index contributed by atoms with van der Waals surface area (Å²) in [6, 6.07) is 17.2. The van der Waals surface area contributed by atoms with Gasteiger partial charge in [-0.05, 0) is 42.5 Å². The number of rotatable bonds is 2. The predicted molar refractivity (Wildman–Crippen MR) is 99.0 cm³/mol. The first-order valence-electron chi connectivity index (χ1n) is 9.08. The van der Waals surface area contributed by atoms with Crippen molar-refractivity contribution in [2.24, 2.45) is 5.41 Å². The quantitative estimate of drug-likeness (QED) is 0.511. The molecule has 0 saturated heterocycles. The van der Waals surface area contributed by atoms with E-state index in [-0.39, 0.29) is 17.3 Å². The summed E-state index contributed by atoms with van der Waals surface area (Å²) < 4.78 is 5.82. The van der Waals surface area contributed by atoms with E-state index in [1.807, 2.05) is 54.6 Å². The second-order valence-electron chi connectivity index (χ2n) is 7.87. The second-order valence-corrected chi connectivity index (χ2v) is 7.87. The minimum Gasteiger partial charge on any atom is -0.426 e. The fourth-order valence-electron chi connectivity index (χ4n) is 4.96. The van der Waals surface area contributed by atoms with Crippen molar-refractivity contribution in [2.45, 2.75) is 38.0 Å². The Hall–Kier alpha value is -2.75. The molecule has 0 aliphatic heterocycles. The Balaban J connectivity index is 1.68. The van der Waals surface area contributed by atoms with Crippen molar-refractivity contribution >= 4 is 17.0 Å². The fourth-order valence-corrected chi connectivity index (χ4v) is 4.96. The van der Waals surface area contributed by atoms with Crippen LogP contribution in [0.15, 0.2) is 54.6 Å². The predicted octanol–water partition coefficient (Wildman–Crippen LogP) is 4.39. The molecule has 0 radical (unpaired) electrons. The van der Waals surface area contributed by atoms with Gasteiger partial charge in [0, 0.05) is 5.92 Å². The lowest BCUT2D eigenvalue weighted by atomic mass is 9.68. The van der Waals surface area contributed by atoms with Crippen molar-refractivity contribution < 1.29 is 9.53 Å². The molecule has 4 heteroatoms. The largest absolute Gasteiger partial charge is 0.426 e. The van der Waals surface area contributed by atoms with Crippen LogP contribution in [0, 0.1) is 5.41 Å². The number of esters is 1. The highest BCUT2D eigenvalue weighted by Crippen LogP contribution is 2.67. The third-order valence-electron chi connectivity index (χ3n) is 6.41. The van der Waals surface area contributed by atoms with E-state index in [2.05, 4.69) is 13.8 Å². The lowest BCUT2D eigenvalue weighted by molar-refractivity contribution is -0.144. The molecule has 2 atom stereocenters.